The van der Waals surface area contributed by atoms with E-state index in [9.17, 15) is 9.59 Å². The van der Waals surface area contributed by atoms with Crippen molar-refractivity contribution < 1.29 is 9.59 Å². The summed E-state index contributed by atoms with van der Waals surface area (Å²) in [6.07, 6.45) is 4.11. The van der Waals surface area contributed by atoms with Crippen molar-refractivity contribution >= 4 is 29.3 Å². The van der Waals surface area contributed by atoms with Crippen LogP contribution in [-0.4, -0.2) is 35.6 Å². The second kappa shape index (κ2) is 8.83. The van der Waals surface area contributed by atoms with Crippen LogP contribution in [0.25, 0.3) is 0 Å². The first-order valence-corrected chi connectivity index (χ1v) is 8.98. The molecule has 22 heavy (non-hydrogen) atoms. The molecule has 0 aliphatic carbocycles. The van der Waals surface area contributed by atoms with E-state index >= 15 is 0 Å². The third-order valence-electron chi connectivity index (χ3n) is 3.74. The molecule has 0 saturated carbocycles. The van der Waals surface area contributed by atoms with Gasteiger partial charge in [-0.3, -0.25) is 9.59 Å². The van der Waals surface area contributed by atoms with Gasteiger partial charge in [-0.15, -0.1) is 11.8 Å². The molecule has 0 bridgehead atoms. The standard InChI is InChI=1S/C17H24N2O2S/c1-2-22-15-9-6-5-8-14(15)18-16(20)11-13-19-12-7-3-4-10-17(19)21/h5-6,8-9H,2-4,7,10-13H2,1H3,(H,18,20). The minimum Gasteiger partial charge on any atom is -0.342 e. The van der Waals surface area contributed by atoms with Crippen LogP contribution in [0.1, 0.15) is 39.0 Å². The highest BCUT2D eigenvalue weighted by Gasteiger charge is 2.17. The van der Waals surface area contributed by atoms with E-state index < -0.39 is 0 Å². The molecule has 1 aliphatic rings. The normalized spacial score (nSPS) is 15.5. The van der Waals surface area contributed by atoms with E-state index in [2.05, 4.69) is 12.2 Å². The molecule has 1 N–H and O–H groups in total. The maximum atomic E-state index is 12.1. The highest BCUT2D eigenvalue weighted by Crippen LogP contribution is 2.26. The van der Waals surface area contributed by atoms with Crippen LogP contribution in [-0.2, 0) is 9.59 Å². The molecule has 1 aromatic rings. The topological polar surface area (TPSA) is 49.4 Å². The van der Waals surface area contributed by atoms with E-state index in [0.717, 1.165) is 42.1 Å². The van der Waals surface area contributed by atoms with Crippen molar-refractivity contribution in [2.24, 2.45) is 0 Å². The SMILES string of the molecule is CCSc1ccccc1NC(=O)CCN1CCCCCC1=O. The molecule has 4 nitrogen and oxygen atoms in total. The van der Waals surface area contributed by atoms with Crippen LogP contribution < -0.4 is 5.32 Å². The van der Waals surface area contributed by atoms with Crippen LogP contribution in [0.4, 0.5) is 5.69 Å². The molecule has 0 unspecified atom stereocenters. The number of likely N-dealkylation sites (tertiary alicyclic amines) is 1. The van der Waals surface area contributed by atoms with Crippen molar-refractivity contribution in [3.63, 3.8) is 0 Å². The Bertz CT molecular complexity index is 519. The summed E-state index contributed by atoms with van der Waals surface area (Å²) in [6.45, 7) is 3.40. The Morgan fingerprint density at radius 3 is 2.91 bits per heavy atom. The number of para-hydroxylation sites is 1. The van der Waals surface area contributed by atoms with Gasteiger partial charge in [0.05, 0.1) is 5.69 Å². The van der Waals surface area contributed by atoms with Crippen LogP contribution in [0.15, 0.2) is 29.2 Å². The summed E-state index contributed by atoms with van der Waals surface area (Å²) in [5, 5.41) is 2.97. The number of anilines is 1. The first-order chi connectivity index (χ1) is 10.7. The summed E-state index contributed by atoms with van der Waals surface area (Å²) in [5.41, 5.74) is 0.863. The third kappa shape index (κ3) is 5.05. The van der Waals surface area contributed by atoms with Crippen molar-refractivity contribution in [1.29, 1.82) is 0 Å². The van der Waals surface area contributed by atoms with Gasteiger partial charge in [-0.05, 0) is 30.7 Å². The van der Waals surface area contributed by atoms with E-state index in [1.807, 2.05) is 29.2 Å². The van der Waals surface area contributed by atoms with Crippen LogP contribution >= 0.6 is 11.8 Å². The predicted molar refractivity (Wildman–Crippen MR) is 91.1 cm³/mol. The molecule has 0 atom stereocenters. The fourth-order valence-electron chi connectivity index (χ4n) is 2.58. The summed E-state index contributed by atoms with van der Waals surface area (Å²) in [5.74, 6) is 1.13. The Labute approximate surface area is 136 Å². The maximum Gasteiger partial charge on any atom is 0.226 e. The molecule has 1 fully saturated rings. The number of nitrogens with zero attached hydrogens (tertiary/aromatic N) is 1. The van der Waals surface area contributed by atoms with E-state index in [-0.39, 0.29) is 11.8 Å². The van der Waals surface area contributed by atoms with Crippen LogP contribution in [0.3, 0.4) is 0 Å². The molecule has 1 saturated heterocycles. The number of hydrogen-bond acceptors (Lipinski definition) is 3. The van der Waals surface area contributed by atoms with Gasteiger partial charge < -0.3 is 10.2 Å². The second-order valence-electron chi connectivity index (χ2n) is 5.42. The van der Waals surface area contributed by atoms with Crippen LogP contribution in [0.5, 0.6) is 0 Å². The molecule has 1 aliphatic heterocycles. The van der Waals surface area contributed by atoms with Gasteiger partial charge in [0.2, 0.25) is 11.8 Å². The molecule has 1 aromatic carbocycles. The number of carbonyl (C=O) groups is 2. The summed E-state index contributed by atoms with van der Waals surface area (Å²) < 4.78 is 0. The monoisotopic (exact) mass is 320 g/mol. The van der Waals surface area contributed by atoms with Crippen molar-refractivity contribution in [3.05, 3.63) is 24.3 Å². The second-order valence-corrected chi connectivity index (χ2v) is 6.72. The molecule has 1 heterocycles. The predicted octanol–water partition coefficient (Wildman–Crippen LogP) is 3.53. The first-order valence-electron chi connectivity index (χ1n) is 8.00. The molecule has 0 aromatic heterocycles. The van der Waals surface area contributed by atoms with Gasteiger partial charge in [-0.2, -0.15) is 0 Å². The molecular formula is C17H24N2O2S. The average Bonchev–Trinajstić information content (AvgIpc) is 2.72. The van der Waals surface area contributed by atoms with Crippen molar-refractivity contribution in [3.8, 4) is 0 Å². The Morgan fingerprint density at radius 1 is 1.27 bits per heavy atom. The molecule has 5 heteroatoms. The number of nitrogens with one attached hydrogen (secondary N) is 1. The van der Waals surface area contributed by atoms with E-state index in [0.29, 0.717) is 19.4 Å². The van der Waals surface area contributed by atoms with Gasteiger partial charge in [0.15, 0.2) is 0 Å². The molecular weight excluding hydrogens is 296 g/mol. The number of hydrogen-bond donors (Lipinski definition) is 1. The molecule has 2 amide bonds. The first kappa shape index (κ1) is 16.9. The summed E-state index contributed by atoms with van der Waals surface area (Å²) in [6, 6.07) is 7.84. The third-order valence-corrected chi connectivity index (χ3v) is 4.70. The lowest BCUT2D eigenvalue weighted by atomic mass is 10.2. The van der Waals surface area contributed by atoms with E-state index in [1.165, 1.54) is 0 Å². The average molecular weight is 320 g/mol. The number of carbonyl (C=O) groups excluding carboxylic acids is 2. The highest BCUT2D eigenvalue weighted by atomic mass is 32.2. The Hall–Kier alpha value is -1.49. The largest absolute Gasteiger partial charge is 0.342 e. The zero-order chi connectivity index (χ0) is 15.8. The van der Waals surface area contributed by atoms with Gasteiger partial charge in [-0.25, -0.2) is 0 Å². The molecule has 2 rings (SSSR count). The minimum absolute atomic E-state index is 0.0267. The quantitative estimate of drug-likeness (QED) is 0.816. The Balaban J connectivity index is 1.86. The fraction of sp³-hybridized carbons (Fsp3) is 0.529. The highest BCUT2D eigenvalue weighted by molar-refractivity contribution is 7.99. The lowest BCUT2D eigenvalue weighted by Gasteiger charge is -2.20. The smallest absolute Gasteiger partial charge is 0.226 e. The van der Waals surface area contributed by atoms with Crippen molar-refractivity contribution in [2.45, 2.75) is 43.9 Å². The number of rotatable bonds is 6. The zero-order valence-electron chi connectivity index (χ0n) is 13.1. The summed E-state index contributed by atoms with van der Waals surface area (Å²) in [7, 11) is 0. The van der Waals surface area contributed by atoms with Crippen molar-refractivity contribution in [2.75, 3.05) is 24.2 Å². The van der Waals surface area contributed by atoms with E-state index in [1.54, 1.807) is 11.8 Å². The van der Waals surface area contributed by atoms with Gasteiger partial charge >= 0.3 is 0 Å². The molecule has 0 spiro atoms. The minimum atomic E-state index is -0.0267. The number of amides is 2. The van der Waals surface area contributed by atoms with Gasteiger partial charge in [0.1, 0.15) is 0 Å². The van der Waals surface area contributed by atoms with Crippen LogP contribution in [0.2, 0.25) is 0 Å². The van der Waals surface area contributed by atoms with Gasteiger partial charge in [0.25, 0.3) is 0 Å². The van der Waals surface area contributed by atoms with Crippen molar-refractivity contribution in [1.82, 2.24) is 4.90 Å². The van der Waals surface area contributed by atoms with Crippen LogP contribution in [0, 0.1) is 0 Å². The van der Waals surface area contributed by atoms with Gasteiger partial charge in [-0.1, -0.05) is 25.5 Å². The summed E-state index contributed by atoms with van der Waals surface area (Å²) >= 11 is 1.71. The lowest BCUT2D eigenvalue weighted by molar-refractivity contribution is -0.131. The van der Waals surface area contributed by atoms with Gasteiger partial charge in [0, 0.05) is 30.8 Å². The zero-order valence-corrected chi connectivity index (χ0v) is 14.0. The van der Waals surface area contributed by atoms with E-state index in [4.69, 9.17) is 0 Å². The maximum absolute atomic E-state index is 12.1. The molecule has 0 radical (unpaired) electrons. The lowest BCUT2D eigenvalue weighted by Crippen LogP contribution is -2.33. The fourth-order valence-corrected chi connectivity index (χ4v) is 3.34. The number of thioether (sulfide) groups is 1. The Kier molecular flexibility index (Phi) is 6.77. The molecule has 120 valence electrons. The number of benzene rings is 1. The summed E-state index contributed by atoms with van der Waals surface area (Å²) in [4.78, 5) is 27.0. The Morgan fingerprint density at radius 2 is 2.09 bits per heavy atom.